The van der Waals surface area contributed by atoms with Crippen LogP contribution in [0.1, 0.15) is 22.8 Å². The molecule has 1 amide bonds. The molecule has 0 unspecified atom stereocenters. The Bertz CT molecular complexity index is 787. The molecule has 0 saturated carbocycles. The number of likely N-dealkylation sites (N-methyl/N-ethyl adjacent to an activating group) is 1. The van der Waals surface area contributed by atoms with Crippen molar-refractivity contribution in [3.05, 3.63) is 53.6 Å². The first kappa shape index (κ1) is 20.5. The van der Waals surface area contributed by atoms with Crippen molar-refractivity contribution in [2.75, 3.05) is 39.7 Å². The number of hydrogen-bond acceptors (Lipinski definition) is 5. The number of nitrogens with zero attached hydrogens (tertiary/aromatic N) is 1. The van der Waals surface area contributed by atoms with Crippen molar-refractivity contribution in [3.8, 4) is 11.5 Å². The summed E-state index contributed by atoms with van der Waals surface area (Å²) in [6, 6.07) is 12.7. The molecule has 2 aromatic rings. The van der Waals surface area contributed by atoms with Crippen molar-refractivity contribution in [3.63, 3.8) is 0 Å². The highest BCUT2D eigenvalue weighted by atomic mass is 16.5. The summed E-state index contributed by atoms with van der Waals surface area (Å²) in [7, 11) is 5.12. The highest BCUT2D eigenvalue weighted by Crippen LogP contribution is 2.27. The molecule has 1 N–H and O–H groups in total. The molecule has 6 nitrogen and oxygen atoms in total. The number of hydrogen-bond donors (Lipinski definition) is 1. The number of ether oxygens (including phenoxy) is 2. The Morgan fingerprint density at radius 1 is 1.00 bits per heavy atom. The lowest BCUT2D eigenvalue weighted by atomic mass is 10.1. The fraction of sp³-hybridized carbons (Fsp3) is 0.333. The number of anilines is 1. The summed E-state index contributed by atoms with van der Waals surface area (Å²) in [6.07, 6.45) is 0.789. The fourth-order valence-corrected chi connectivity index (χ4v) is 2.67. The topological polar surface area (TPSA) is 67.9 Å². The van der Waals surface area contributed by atoms with E-state index in [4.69, 9.17) is 9.47 Å². The Balaban J connectivity index is 1.83. The maximum absolute atomic E-state index is 12.2. The molecule has 0 aliphatic heterocycles. The smallest absolute Gasteiger partial charge is 0.238 e. The summed E-state index contributed by atoms with van der Waals surface area (Å²) >= 11 is 0. The molecule has 0 aromatic heterocycles. The first-order chi connectivity index (χ1) is 12.9. The van der Waals surface area contributed by atoms with Gasteiger partial charge in [0.15, 0.2) is 17.3 Å². The Hall–Kier alpha value is -2.86. The second-order valence-electron chi connectivity index (χ2n) is 6.36. The van der Waals surface area contributed by atoms with Crippen LogP contribution in [-0.4, -0.2) is 50.9 Å². The zero-order chi connectivity index (χ0) is 19.8. The van der Waals surface area contributed by atoms with Gasteiger partial charge in [-0.2, -0.15) is 0 Å². The summed E-state index contributed by atoms with van der Waals surface area (Å²) in [5.74, 6) is 1.30. The van der Waals surface area contributed by atoms with Crippen molar-refractivity contribution < 1.29 is 19.1 Å². The van der Waals surface area contributed by atoms with Gasteiger partial charge in [-0.25, -0.2) is 0 Å². The third-order valence-corrected chi connectivity index (χ3v) is 4.22. The third-order valence-electron chi connectivity index (χ3n) is 4.22. The van der Waals surface area contributed by atoms with Crippen LogP contribution in [-0.2, 0) is 11.2 Å². The predicted molar refractivity (Wildman–Crippen MR) is 106 cm³/mol. The highest BCUT2D eigenvalue weighted by Gasteiger charge is 2.09. The van der Waals surface area contributed by atoms with Crippen LogP contribution in [0.5, 0.6) is 11.5 Å². The van der Waals surface area contributed by atoms with E-state index in [1.54, 1.807) is 38.5 Å². The Labute approximate surface area is 160 Å². The maximum atomic E-state index is 12.2. The number of ketones is 1. The van der Waals surface area contributed by atoms with Crippen LogP contribution in [0.15, 0.2) is 42.5 Å². The molecule has 0 aliphatic carbocycles. The number of carbonyl (C=O) groups excluding carboxylic acids is 2. The molecule has 0 heterocycles. The minimum atomic E-state index is -0.0969. The Morgan fingerprint density at radius 3 is 2.26 bits per heavy atom. The molecule has 2 rings (SSSR count). The van der Waals surface area contributed by atoms with Crippen molar-refractivity contribution >= 4 is 17.4 Å². The normalized spacial score (nSPS) is 10.6. The van der Waals surface area contributed by atoms with E-state index in [-0.39, 0.29) is 18.2 Å². The lowest BCUT2D eigenvalue weighted by Gasteiger charge is -2.17. The van der Waals surface area contributed by atoms with Crippen LogP contribution in [0.3, 0.4) is 0 Å². The molecule has 0 aliphatic rings. The molecule has 0 atom stereocenters. The standard InChI is InChI=1S/C21H26N2O4/c1-15(24)17-6-8-18(9-7-17)22-21(25)14-23(2)12-11-16-5-10-19(26-3)20(13-16)27-4/h5-10,13H,11-12,14H2,1-4H3,(H,22,25). The van der Waals surface area contributed by atoms with Gasteiger partial charge >= 0.3 is 0 Å². The molecule has 0 spiro atoms. The fourth-order valence-electron chi connectivity index (χ4n) is 2.67. The second kappa shape index (κ2) is 9.73. The quantitative estimate of drug-likeness (QED) is 0.687. The molecule has 0 radical (unpaired) electrons. The Morgan fingerprint density at radius 2 is 1.67 bits per heavy atom. The molecule has 144 valence electrons. The number of amides is 1. The second-order valence-corrected chi connectivity index (χ2v) is 6.36. The van der Waals surface area contributed by atoms with Gasteiger partial charge in [-0.15, -0.1) is 0 Å². The average Bonchev–Trinajstić information content (AvgIpc) is 2.66. The third kappa shape index (κ3) is 6.11. The zero-order valence-electron chi connectivity index (χ0n) is 16.2. The monoisotopic (exact) mass is 370 g/mol. The van der Waals surface area contributed by atoms with Crippen LogP contribution in [0, 0.1) is 0 Å². The van der Waals surface area contributed by atoms with Gasteiger partial charge in [-0.3, -0.25) is 14.5 Å². The van der Waals surface area contributed by atoms with Crippen LogP contribution in [0.25, 0.3) is 0 Å². The van der Waals surface area contributed by atoms with Gasteiger partial charge < -0.3 is 14.8 Å². The molecular weight excluding hydrogens is 344 g/mol. The molecule has 6 heteroatoms. The van der Waals surface area contributed by atoms with Crippen molar-refractivity contribution in [1.82, 2.24) is 4.90 Å². The van der Waals surface area contributed by atoms with E-state index in [2.05, 4.69) is 5.32 Å². The number of rotatable bonds is 9. The molecule has 2 aromatic carbocycles. The number of carbonyl (C=O) groups is 2. The van der Waals surface area contributed by atoms with Gasteiger partial charge in [0.25, 0.3) is 0 Å². The largest absolute Gasteiger partial charge is 0.493 e. The molecular formula is C21H26N2O4. The van der Waals surface area contributed by atoms with E-state index in [0.29, 0.717) is 22.7 Å². The van der Waals surface area contributed by atoms with Gasteiger partial charge in [0.05, 0.1) is 20.8 Å². The van der Waals surface area contributed by atoms with E-state index >= 15 is 0 Å². The summed E-state index contributed by atoms with van der Waals surface area (Å²) in [5, 5.41) is 2.84. The zero-order valence-corrected chi connectivity index (χ0v) is 16.2. The Kier molecular flexibility index (Phi) is 7.37. The van der Waals surface area contributed by atoms with Gasteiger partial charge in [0, 0.05) is 17.8 Å². The van der Waals surface area contributed by atoms with Crippen LogP contribution < -0.4 is 14.8 Å². The molecule has 0 bridgehead atoms. The minimum Gasteiger partial charge on any atom is -0.493 e. The lowest BCUT2D eigenvalue weighted by Crippen LogP contribution is -2.31. The van der Waals surface area contributed by atoms with Gasteiger partial charge in [-0.1, -0.05) is 6.07 Å². The van der Waals surface area contributed by atoms with Crippen LogP contribution in [0.4, 0.5) is 5.69 Å². The average molecular weight is 370 g/mol. The molecule has 0 fully saturated rings. The molecule has 27 heavy (non-hydrogen) atoms. The van der Waals surface area contributed by atoms with Gasteiger partial charge in [0.1, 0.15) is 0 Å². The summed E-state index contributed by atoms with van der Waals surface area (Å²) in [4.78, 5) is 25.4. The van der Waals surface area contributed by atoms with E-state index in [1.807, 2.05) is 30.1 Å². The van der Waals surface area contributed by atoms with E-state index in [1.165, 1.54) is 6.92 Å². The number of Topliss-reactive ketones (excluding diaryl/α,β-unsaturated/α-hetero) is 1. The number of methoxy groups -OCH3 is 2. The molecule has 0 saturated heterocycles. The van der Waals surface area contributed by atoms with Gasteiger partial charge in [0.2, 0.25) is 5.91 Å². The van der Waals surface area contributed by atoms with E-state index in [0.717, 1.165) is 18.5 Å². The van der Waals surface area contributed by atoms with Crippen molar-refractivity contribution in [1.29, 1.82) is 0 Å². The number of benzene rings is 2. The SMILES string of the molecule is COc1ccc(CCN(C)CC(=O)Nc2ccc(C(C)=O)cc2)cc1OC. The highest BCUT2D eigenvalue weighted by molar-refractivity contribution is 5.96. The van der Waals surface area contributed by atoms with Crippen molar-refractivity contribution in [2.24, 2.45) is 0 Å². The van der Waals surface area contributed by atoms with E-state index < -0.39 is 0 Å². The maximum Gasteiger partial charge on any atom is 0.238 e. The summed E-state index contributed by atoms with van der Waals surface area (Å²) < 4.78 is 10.6. The van der Waals surface area contributed by atoms with Gasteiger partial charge in [-0.05, 0) is 62.4 Å². The minimum absolute atomic E-state index is 0.00257. The lowest BCUT2D eigenvalue weighted by molar-refractivity contribution is -0.117. The number of nitrogens with one attached hydrogen (secondary N) is 1. The van der Waals surface area contributed by atoms with Crippen LogP contribution in [0.2, 0.25) is 0 Å². The van der Waals surface area contributed by atoms with E-state index in [9.17, 15) is 9.59 Å². The van der Waals surface area contributed by atoms with Crippen LogP contribution >= 0.6 is 0 Å². The van der Waals surface area contributed by atoms with Crippen molar-refractivity contribution in [2.45, 2.75) is 13.3 Å². The first-order valence-electron chi connectivity index (χ1n) is 8.73. The summed E-state index contributed by atoms with van der Waals surface area (Å²) in [6.45, 7) is 2.52. The predicted octanol–water partition coefficient (Wildman–Crippen LogP) is 3.02. The first-order valence-corrected chi connectivity index (χ1v) is 8.73. The summed E-state index contributed by atoms with van der Waals surface area (Å²) in [5.41, 5.74) is 2.41.